The van der Waals surface area contributed by atoms with E-state index in [9.17, 15) is 19.2 Å². The Kier molecular flexibility index (Phi) is 20.8. The Hall–Kier alpha value is -1.98. The number of Topliss-reactive ketones (excluding diaryl/α,β-unsaturated/α-hetero) is 2. The Balaban J connectivity index is 3.69. The zero-order valence-corrected chi connectivity index (χ0v) is 20.3. The van der Waals surface area contributed by atoms with E-state index >= 15 is 0 Å². The fourth-order valence-corrected chi connectivity index (χ4v) is 3.22. The molecule has 0 fully saturated rings. The van der Waals surface area contributed by atoms with Crippen LogP contribution < -0.4 is 0 Å². The van der Waals surface area contributed by atoms with Crippen molar-refractivity contribution >= 4 is 23.5 Å². The Labute approximate surface area is 194 Å². The smallest absolute Gasteiger partial charge is 0.331 e. The van der Waals surface area contributed by atoms with Gasteiger partial charge in [-0.1, -0.05) is 78.1 Å². The fraction of sp³-hybridized carbons (Fsp3) is 0.769. The lowest BCUT2D eigenvalue weighted by Gasteiger charge is -2.03. The van der Waals surface area contributed by atoms with E-state index in [1.54, 1.807) is 0 Å². The van der Waals surface area contributed by atoms with E-state index in [1.165, 1.54) is 38.5 Å². The summed E-state index contributed by atoms with van der Waals surface area (Å²) >= 11 is 0. The Morgan fingerprint density at radius 3 is 1.22 bits per heavy atom. The maximum Gasteiger partial charge on any atom is 0.331 e. The lowest BCUT2D eigenvalue weighted by molar-refractivity contribution is -0.141. The molecule has 0 saturated carbocycles. The number of hydrogen-bond donors (Lipinski definition) is 0. The van der Waals surface area contributed by atoms with Crippen molar-refractivity contribution in [1.82, 2.24) is 0 Å². The van der Waals surface area contributed by atoms with Gasteiger partial charge >= 0.3 is 11.9 Å². The average molecular weight is 453 g/mol. The molecule has 0 atom stereocenters. The zero-order valence-electron chi connectivity index (χ0n) is 20.3. The van der Waals surface area contributed by atoms with E-state index in [-0.39, 0.29) is 37.6 Å². The van der Waals surface area contributed by atoms with Gasteiger partial charge in [-0.25, -0.2) is 9.59 Å². The van der Waals surface area contributed by atoms with E-state index in [1.807, 2.05) is 0 Å². The van der Waals surface area contributed by atoms with Gasteiger partial charge in [-0.3, -0.25) is 9.59 Å². The minimum Gasteiger partial charge on any atom is -0.462 e. The Morgan fingerprint density at radius 2 is 0.844 bits per heavy atom. The SMILES string of the molecule is CCCCCCCCC(=O)CCOC(=O)/C=C/C(=O)OCCC(=O)CCCCCCCC. The normalized spacial score (nSPS) is 10.9. The van der Waals surface area contributed by atoms with Crippen LogP contribution in [0.2, 0.25) is 0 Å². The highest BCUT2D eigenvalue weighted by molar-refractivity contribution is 5.92. The van der Waals surface area contributed by atoms with E-state index in [4.69, 9.17) is 9.47 Å². The lowest BCUT2D eigenvalue weighted by atomic mass is 10.1. The number of carbonyl (C=O) groups excluding carboxylic acids is 4. The highest BCUT2D eigenvalue weighted by atomic mass is 16.5. The molecule has 0 aliphatic carbocycles. The first-order valence-electron chi connectivity index (χ1n) is 12.5. The third kappa shape index (κ3) is 21.3. The molecule has 32 heavy (non-hydrogen) atoms. The van der Waals surface area contributed by atoms with Crippen LogP contribution in [0.5, 0.6) is 0 Å². The van der Waals surface area contributed by atoms with Gasteiger partial charge in [0.25, 0.3) is 0 Å². The lowest BCUT2D eigenvalue weighted by Crippen LogP contribution is -2.10. The monoisotopic (exact) mass is 452 g/mol. The van der Waals surface area contributed by atoms with Gasteiger partial charge in [0.2, 0.25) is 0 Å². The minimum absolute atomic E-state index is 0.0137. The number of esters is 2. The molecule has 6 nitrogen and oxygen atoms in total. The Bertz CT molecular complexity index is 505. The average Bonchev–Trinajstić information content (AvgIpc) is 2.77. The van der Waals surface area contributed by atoms with Crippen LogP contribution in [0.4, 0.5) is 0 Å². The predicted octanol–water partition coefficient (Wildman–Crippen LogP) is 6.05. The van der Waals surface area contributed by atoms with Crippen molar-refractivity contribution in [2.24, 2.45) is 0 Å². The van der Waals surface area contributed by atoms with Gasteiger partial charge in [-0.05, 0) is 12.8 Å². The summed E-state index contributed by atoms with van der Waals surface area (Å²) in [6.45, 7) is 4.37. The molecule has 0 amide bonds. The molecule has 0 aromatic carbocycles. The second kappa shape index (κ2) is 22.2. The topological polar surface area (TPSA) is 86.7 Å². The van der Waals surface area contributed by atoms with Crippen molar-refractivity contribution in [1.29, 1.82) is 0 Å². The predicted molar refractivity (Wildman–Crippen MR) is 126 cm³/mol. The summed E-state index contributed by atoms with van der Waals surface area (Å²) in [5, 5.41) is 0. The first kappa shape index (κ1) is 30.0. The van der Waals surface area contributed by atoms with Gasteiger partial charge < -0.3 is 9.47 Å². The minimum atomic E-state index is -0.687. The molecular weight excluding hydrogens is 408 g/mol. The number of ether oxygens (including phenoxy) is 2. The molecule has 0 bridgehead atoms. The van der Waals surface area contributed by atoms with Crippen LogP contribution in [0.3, 0.4) is 0 Å². The molecule has 0 saturated heterocycles. The number of ketones is 2. The second-order valence-corrected chi connectivity index (χ2v) is 8.28. The van der Waals surface area contributed by atoms with Crippen LogP contribution in [-0.4, -0.2) is 36.7 Å². The van der Waals surface area contributed by atoms with Crippen molar-refractivity contribution < 1.29 is 28.7 Å². The number of carbonyl (C=O) groups is 4. The van der Waals surface area contributed by atoms with Gasteiger partial charge in [0.05, 0.1) is 13.2 Å². The molecule has 0 aromatic heterocycles. The summed E-state index contributed by atoms with van der Waals surface area (Å²) in [4.78, 5) is 46.7. The fourth-order valence-electron chi connectivity index (χ4n) is 3.22. The van der Waals surface area contributed by atoms with Crippen LogP contribution in [0, 0.1) is 0 Å². The van der Waals surface area contributed by atoms with Crippen LogP contribution in [0.25, 0.3) is 0 Å². The molecule has 0 radical (unpaired) electrons. The Morgan fingerprint density at radius 1 is 0.500 bits per heavy atom. The van der Waals surface area contributed by atoms with Crippen molar-refractivity contribution in [3.8, 4) is 0 Å². The summed E-state index contributed by atoms with van der Waals surface area (Å²) in [6.07, 6.45) is 16.9. The van der Waals surface area contributed by atoms with Gasteiger partial charge in [0, 0.05) is 37.8 Å². The number of unbranched alkanes of at least 4 members (excludes halogenated alkanes) is 10. The van der Waals surface area contributed by atoms with Crippen molar-refractivity contribution in [3.05, 3.63) is 12.2 Å². The highest BCUT2D eigenvalue weighted by Crippen LogP contribution is 2.09. The summed E-state index contributed by atoms with van der Waals surface area (Å²) in [5.41, 5.74) is 0. The van der Waals surface area contributed by atoms with Crippen molar-refractivity contribution in [2.45, 2.75) is 117 Å². The summed E-state index contributed by atoms with van der Waals surface area (Å²) in [6, 6.07) is 0. The molecule has 6 heteroatoms. The van der Waals surface area contributed by atoms with Crippen LogP contribution in [0.1, 0.15) is 117 Å². The van der Waals surface area contributed by atoms with E-state index in [0.717, 1.165) is 50.7 Å². The highest BCUT2D eigenvalue weighted by Gasteiger charge is 2.07. The van der Waals surface area contributed by atoms with Crippen LogP contribution in [-0.2, 0) is 28.7 Å². The maximum atomic E-state index is 11.8. The van der Waals surface area contributed by atoms with E-state index < -0.39 is 11.9 Å². The summed E-state index contributed by atoms with van der Waals surface area (Å²) in [5.74, 6) is -1.20. The summed E-state index contributed by atoms with van der Waals surface area (Å²) < 4.78 is 9.87. The standard InChI is InChI=1S/C26H44O6/c1-3-5-7-9-11-13-15-23(27)19-21-31-25(29)17-18-26(30)32-22-20-24(28)16-14-12-10-8-6-4-2/h17-18H,3-16,19-22H2,1-2H3/b18-17+. The molecule has 0 unspecified atom stereocenters. The largest absolute Gasteiger partial charge is 0.462 e. The molecule has 184 valence electrons. The first-order valence-corrected chi connectivity index (χ1v) is 12.5. The molecule has 0 aromatic rings. The second-order valence-electron chi connectivity index (χ2n) is 8.28. The van der Waals surface area contributed by atoms with E-state index in [0.29, 0.717) is 12.8 Å². The van der Waals surface area contributed by atoms with Crippen molar-refractivity contribution in [2.75, 3.05) is 13.2 Å². The molecule has 0 N–H and O–H groups in total. The molecular formula is C26H44O6. The van der Waals surface area contributed by atoms with Crippen LogP contribution in [0.15, 0.2) is 12.2 Å². The van der Waals surface area contributed by atoms with Crippen molar-refractivity contribution in [3.63, 3.8) is 0 Å². The summed E-state index contributed by atoms with van der Waals surface area (Å²) in [7, 11) is 0. The molecule has 0 spiro atoms. The molecule has 0 aliphatic rings. The van der Waals surface area contributed by atoms with Gasteiger partial charge in [-0.15, -0.1) is 0 Å². The molecule has 0 rings (SSSR count). The quantitative estimate of drug-likeness (QED) is 0.113. The molecule has 0 heterocycles. The number of rotatable bonds is 22. The third-order valence-electron chi connectivity index (χ3n) is 5.22. The van der Waals surface area contributed by atoms with Gasteiger partial charge in [0.15, 0.2) is 0 Å². The van der Waals surface area contributed by atoms with Gasteiger partial charge in [0.1, 0.15) is 11.6 Å². The van der Waals surface area contributed by atoms with Gasteiger partial charge in [-0.2, -0.15) is 0 Å². The zero-order chi connectivity index (χ0) is 23.9. The molecule has 0 aliphatic heterocycles. The maximum absolute atomic E-state index is 11.8. The number of hydrogen-bond acceptors (Lipinski definition) is 6. The van der Waals surface area contributed by atoms with Crippen LogP contribution >= 0.6 is 0 Å². The van der Waals surface area contributed by atoms with E-state index in [2.05, 4.69) is 13.8 Å². The third-order valence-corrected chi connectivity index (χ3v) is 5.22. The first-order chi connectivity index (χ1) is 15.5.